The van der Waals surface area contributed by atoms with Crippen molar-refractivity contribution in [3.63, 3.8) is 0 Å². The van der Waals surface area contributed by atoms with Crippen LogP contribution in [0.3, 0.4) is 0 Å². The molecule has 0 heterocycles. The summed E-state index contributed by atoms with van der Waals surface area (Å²) in [6.07, 6.45) is 3.27. The fourth-order valence-electron chi connectivity index (χ4n) is 2.82. The van der Waals surface area contributed by atoms with E-state index in [1.807, 2.05) is 73.7 Å². The van der Waals surface area contributed by atoms with Crippen LogP contribution in [0.5, 0.6) is 0 Å². The fourth-order valence-corrected chi connectivity index (χ4v) is 2.98. The summed E-state index contributed by atoms with van der Waals surface area (Å²) in [5.41, 5.74) is 8.04. The van der Waals surface area contributed by atoms with Crippen LogP contribution in [0.1, 0.15) is 16.7 Å². The van der Waals surface area contributed by atoms with Crippen LogP contribution in [0, 0.1) is 6.92 Å². The fraction of sp³-hybridized carbons (Fsp3) is 0.0870. The van der Waals surface area contributed by atoms with Crippen molar-refractivity contribution in [3.8, 4) is 0 Å². The van der Waals surface area contributed by atoms with E-state index in [-0.39, 0.29) is 23.3 Å². The van der Waals surface area contributed by atoms with Gasteiger partial charge in [-0.05, 0) is 47.1 Å². The van der Waals surface area contributed by atoms with Gasteiger partial charge in [-0.1, -0.05) is 72.3 Å². The van der Waals surface area contributed by atoms with Crippen molar-refractivity contribution in [3.05, 3.63) is 89.5 Å². The van der Waals surface area contributed by atoms with E-state index in [9.17, 15) is 9.59 Å². The lowest BCUT2D eigenvalue weighted by atomic mass is 10.0. The summed E-state index contributed by atoms with van der Waals surface area (Å²) in [7, 11) is 0. The zero-order chi connectivity index (χ0) is 20.6. The topological polar surface area (TPSA) is 70.2 Å². The molecule has 0 saturated carbocycles. The Morgan fingerprint density at radius 1 is 0.931 bits per heavy atom. The van der Waals surface area contributed by atoms with E-state index in [0.717, 1.165) is 27.5 Å². The molecule has 6 heteroatoms. The van der Waals surface area contributed by atoms with Gasteiger partial charge in [0, 0.05) is 6.08 Å². The Kier molecular flexibility index (Phi) is 6.71. The summed E-state index contributed by atoms with van der Waals surface area (Å²) in [5.74, 6) is -0.639. The predicted octanol–water partition coefficient (Wildman–Crippen LogP) is 3.43. The lowest BCUT2D eigenvalue weighted by Crippen LogP contribution is -2.48. The number of amides is 2. The maximum Gasteiger partial charge on any atom is 0.250 e. The Hall–Kier alpha value is -3.51. The first-order valence-electron chi connectivity index (χ1n) is 9.12. The first kappa shape index (κ1) is 20.2. The molecule has 3 rings (SSSR count). The molecule has 0 atom stereocenters. The maximum absolute atomic E-state index is 12.2. The van der Waals surface area contributed by atoms with Gasteiger partial charge < -0.3 is 0 Å². The summed E-state index contributed by atoms with van der Waals surface area (Å²) < 4.78 is 0. The summed E-state index contributed by atoms with van der Waals surface area (Å²) >= 11 is 5.05. The van der Waals surface area contributed by atoms with E-state index in [0.29, 0.717) is 0 Å². The van der Waals surface area contributed by atoms with Crippen molar-refractivity contribution in [2.24, 2.45) is 0 Å². The highest BCUT2D eigenvalue weighted by Crippen LogP contribution is 2.18. The average Bonchev–Trinajstić information content (AvgIpc) is 2.72. The van der Waals surface area contributed by atoms with Gasteiger partial charge in [-0.15, -0.1) is 0 Å². The Morgan fingerprint density at radius 2 is 1.66 bits per heavy atom. The first-order valence-corrected chi connectivity index (χ1v) is 9.53. The average molecular weight is 404 g/mol. The molecule has 0 unspecified atom stereocenters. The molecule has 3 aromatic carbocycles. The molecule has 3 aromatic rings. The number of hydrogen-bond donors (Lipinski definition) is 3. The number of carbonyl (C=O) groups excluding carboxylic acids is 2. The lowest BCUT2D eigenvalue weighted by molar-refractivity contribution is -0.121. The number of aryl methyl sites for hydroxylation is 1. The number of benzene rings is 3. The van der Waals surface area contributed by atoms with Gasteiger partial charge in [0.15, 0.2) is 5.11 Å². The molecule has 0 aromatic heterocycles. The lowest BCUT2D eigenvalue weighted by Gasteiger charge is -2.11. The Balaban J connectivity index is 1.47. The van der Waals surface area contributed by atoms with Crippen LogP contribution in [0.25, 0.3) is 16.8 Å². The van der Waals surface area contributed by atoms with E-state index in [4.69, 9.17) is 12.2 Å². The summed E-state index contributed by atoms with van der Waals surface area (Å²) in [4.78, 5) is 24.2. The van der Waals surface area contributed by atoms with Crippen LogP contribution >= 0.6 is 12.2 Å². The van der Waals surface area contributed by atoms with Crippen molar-refractivity contribution in [2.75, 3.05) is 0 Å². The minimum Gasteiger partial charge on any atom is -0.298 e. The number of hydrogen-bond acceptors (Lipinski definition) is 3. The van der Waals surface area contributed by atoms with Gasteiger partial charge in [0.05, 0.1) is 6.42 Å². The largest absolute Gasteiger partial charge is 0.298 e. The zero-order valence-corrected chi connectivity index (χ0v) is 16.8. The van der Waals surface area contributed by atoms with Crippen molar-refractivity contribution in [1.29, 1.82) is 0 Å². The number of fused-ring (bicyclic) bond motifs is 1. The van der Waals surface area contributed by atoms with Gasteiger partial charge >= 0.3 is 0 Å². The molecule has 0 aliphatic rings. The molecule has 0 aliphatic carbocycles. The highest BCUT2D eigenvalue weighted by Gasteiger charge is 2.08. The molecule has 29 heavy (non-hydrogen) atoms. The van der Waals surface area contributed by atoms with Gasteiger partial charge in [-0.2, -0.15) is 0 Å². The van der Waals surface area contributed by atoms with Crippen LogP contribution in [0.4, 0.5) is 0 Å². The SMILES string of the molecule is Cc1ccc(/C=C/C(=O)NC(=S)NNC(=O)Cc2cccc3ccccc23)cc1. The number of thiocarbonyl (C=S) groups is 1. The third-order valence-electron chi connectivity index (χ3n) is 4.29. The van der Waals surface area contributed by atoms with Crippen molar-refractivity contribution < 1.29 is 9.59 Å². The first-order chi connectivity index (χ1) is 14.0. The molecule has 146 valence electrons. The van der Waals surface area contributed by atoms with Gasteiger partial charge in [-0.3, -0.25) is 25.8 Å². The summed E-state index contributed by atoms with van der Waals surface area (Å²) in [6, 6.07) is 21.5. The van der Waals surface area contributed by atoms with Crippen LogP contribution in [-0.2, 0) is 16.0 Å². The van der Waals surface area contributed by atoms with Gasteiger partial charge in [0.2, 0.25) is 11.8 Å². The molecule has 2 amide bonds. The van der Waals surface area contributed by atoms with Gasteiger partial charge in [0.25, 0.3) is 0 Å². The van der Waals surface area contributed by atoms with Crippen molar-refractivity contribution >= 4 is 46.0 Å². The van der Waals surface area contributed by atoms with Crippen LogP contribution in [0.2, 0.25) is 0 Å². The zero-order valence-electron chi connectivity index (χ0n) is 15.9. The maximum atomic E-state index is 12.2. The number of rotatable bonds is 4. The minimum atomic E-state index is -0.383. The van der Waals surface area contributed by atoms with Crippen molar-refractivity contribution in [2.45, 2.75) is 13.3 Å². The van der Waals surface area contributed by atoms with Crippen LogP contribution in [0.15, 0.2) is 72.8 Å². The second kappa shape index (κ2) is 9.61. The number of hydrazine groups is 1. The van der Waals surface area contributed by atoms with Gasteiger partial charge in [-0.25, -0.2) is 0 Å². The molecular weight excluding hydrogens is 382 g/mol. The molecule has 0 radical (unpaired) electrons. The van der Waals surface area contributed by atoms with E-state index >= 15 is 0 Å². The molecule has 0 bridgehead atoms. The molecule has 3 N–H and O–H groups in total. The third kappa shape index (κ3) is 5.99. The second-order valence-electron chi connectivity index (χ2n) is 6.55. The third-order valence-corrected chi connectivity index (χ3v) is 4.49. The number of carbonyl (C=O) groups is 2. The minimum absolute atomic E-state index is 0.0230. The molecule has 0 spiro atoms. The normalized spacial score (nSPS) is 10.7. The molecule has 0 saturated heterocycles. The van der Waals surface area contributed by atoms with E-state index < -0.39 is 0 Å². The summed E-state index contributed by atoms with van der Waals surface area (Å²) in [6.45, 7) is 2.00. The predicted molar refractivity (Wildman–Crippen MR) is 120 cm³/mol. The highest BCUT2D eigenvalue weighted by atomic mass is 32.1. The smallest absolute Gasteiger partial charge is 0.250 e. The molecular formula is C23H21N3O2S. The Labute approximate surface area is 174 Å². The quantitative estimate of drug-likeness (QED) is 0.355. The second-order valence-corrected chi connectivity index (χ2v) is 6.96. The van der Waals surface area contributed by atoms with Crippen LogP contribution < -0.4 is 16.2 Å². The molecule has 0 aliphatic heterocycles. The number of nitrogens with one attached hydrogen (secondary N) is 3. The molecule has 0 fully saturated rings. The Bertz CT molecular complexity index is 1070. The van der Waals surface area contributed by atoms with Crippen molar-refractivity contribution in [1.82, 2.24) is 16.2 Å². The van der Waals surface area contributed by atoms with E-state index in [2.05, 4.69) is 16.2 Å². The Morgan fingerprint density at radius 3 is 2.45 bits per heavy atom. The molecule has 5 nitrogen and oxygen atoms in total. The summed E-state index contributed by atoms with van der Waals surface area (Å²) in [5, 5.41) is 4.62. The van der Waals surface area contributed by atoms with E-state index in [1.165, 1.54) is 6.08 Å². The van der Waals surface area contributed by atoms with Crippen LogP contribution in [-0.4, -0.2) is 16.9 Å². The monoisotopic (exact) mass is 403 g/mol. The van der Waals surface area contributed by atoms with E-state index in [1.54, 1.807) is 6.08 Å². The van der Waals surface area contributed by atoms with Gasteiger partial charge in [0.1, 0.15) is 0 Å². The highest BCUT2D eigenvalue weighted by molar-refractivity contribution is 7.80. The standard InChI is InChI=1S/C23H21N3O2S/c1-16-9-11-17(12-10-16)13-14-21(27)24-23(29)26-25-22(28)15-19-7-4-6-18-5-2-3-8-20(18)19/h2-14H,15H2,1H3,(H,25,28)(H2,24,26,27,29)/b14-13+.